The van der Waals surface area contributed by atoms with E-state index < -0.39 is 5.72 Å². The molecule has 4 rings (SSSR count). The third kappa shape index (κ3) is 3.70. The summed E-state index contributed by atoms with van der Waals surface area (Å²) >= 11 is 1.32. The van der Waals surface area contributed by atoms with Gasteiger partial charge in [0.2, 0.25) is 11.8 Å². The molecule has 0 radical (unpaired) electrons. The fraction of sp³-hybridized carbons (Fsp3) is 0.368. The number of carbonyl (C=O) groups is 3. The van der Waals surface area contributed by atoms with E-state index in [9.17, 15) is 14.4 Å². The Bertz CT molecular complexity index is 930. The van der Waals surface area contributed by atoms with Gasteiger partial charge in [0.05, 0.1) is 12.1 Å². The largest absolute Gasteiger partial charge is 0.467 e. The van der Waals surface area contributed by atoms with Gasteiger partial charge in [-0.3, -0.25) is 14.4 Å². The minimum atomic E-state index is -0.935. The average molecular weight is 400 g/mol. The molecule has 0 aliphatic carbocycles. The fourth-order valence-electron chi connectivity index (χ4n) is 3.46. The van der Waals surface area contributed by atoms with E-state index in [0.717, 1.165) is 5.56 Å². The second-order valence-electron chi connectivity index (χ2n) is 7.00. The lowest BCUT2D eigenvalue weighted by molar-refractivity contribution is -0.134. The summed E-state index contributed by atoms with van der Waals surface area (Å²) in [6.45, 7) is 2.17. The van der Waals surface area contributed by atoms with Gasteiger partial charge in [-0.25, -0.2) is 4.98 Å². The highest BCUT2D eigenvalue weighted by atomic mass is 32.1. The zero-order chi connectivity index (χ0) is 19.7. The van der Waals surface area contributed by atoms with Crippen LogP contribution in [0.15, 0.2) is 29.8 Å². The Hall–Kier alpha value is -2.94. The van der Waals surface area contributed by atoms with Crippen molar-refractivity contribution in [3.63, 3.8) is 0 Å². The molecule has 2 aliphatic heterocycles. The molecule has 9 heteroatoms. The van der Waals surface area contributed by atoms with Crippen LogP contribution in [0.25, 0.3) is 0 Å². The first-order chi connectivity index (χ1) is 13.4. The fourth-order valence-corrected chi connectivity index (χ4v) is 4.01. The Labute approximate surface area is 165 Å². The lowest BCUT2D eigenvalue weighted by atomic mass is 9.99. The van der Waals surface area contributed by atoms with Crippen LogP contribution in [-0.2, 0) is 9.59 Å². The van der Waals surface area contributed by atoms with Gasteiger partial charge < -0.3 is 20.3 Å². The highest BCUT2D eigenvalue weighted by Gasteiger charge is 2.42. The second kappa shape index (κ2) is 7.23. The van der Waals surface area contributed by atoms with Gasteiger partial charge in [0.25, 0.3) is 5.91 Å². The summed E-state index contributed by atoms with van der Waals surface area (Å²) in [4.78, 5) is 42.8. The molecule has 3 amide bonds. The van der Waals surface area contributed by atoms with E-state index in [1.54, 1.807) is 23.7 Å². The molecule has 3 heterocycles. The Kier molecular flexibility index (Phi) is 4.76. The number of hydrogen-bond donors (Lipinski definition) is 2. The minimum absolute atomic E-state index is 0.0573. The van der Waals surface area contributed by atoms with Crippen molar-refractivity contribution in [3.8, 4) is 5.75 Å². The Morgan fingerprint density at radius 1 is 1.39 bits per heavy atom. The summed E-state index contributed by atoms with van der Waals surface area (Å²) in [7, 11) is 0. The molecule has 28 heavy (non-hydrogen) atoms. The molecule has 1 unspecified atom stereocenters. The lowest BCUT2D eigenvalue weighted by Gasteiger charge is -2.38. The summed E-state index contributed by atoms with van der Waals surface area (Å²) in [6.07, 6.45) is 2.55. The van der Waals surface area contributed by atoms with Crippen LogP contribution in [0.3, 0.4) is 0 Å². The topological polar surface area (TPSA) is 101 Å². The summed E-state index contributed by atoms with van der Waals surface area (Å²) in [6, 6.07) is 5.47. The number of anilines is 1. The van der Waals surface area contributed by atoms with Gasteiger partial charge in [0.15, 0.2) is 10.9 Å². The van der Waals surface area contributed by atoms with Gasteiger partial charge in [0, 0.05) is 37.4 Å². The number of aromatic nitrogens is 1. The highest BCUT2D eigenvalue weighted by molar-refractivity contribution is 7.13. The molecule has 146 valence electrons. The van der Waals surface area contributed by atoms with Crippen LogP contribution in [0.1, 0.15) is 35.2 Å². The zero-order valence-corrected chi connectivity index (χ0v) is 16.2. The first kappa shape index (κ1) is 18.4. The van der Waals surface area contributed by atoms with E-state index in [2.05, 4.69) is 15.6 Å². The molecule has 1 aromatic heterocycles. The van der Waals surface area contributed by atoms with Gasteiger partial charge in [-0.2, -0.15) is 0 Å². The number of hydrogen-bond acceptors (Lipinski definition) is 6. The number of amides is 3. The molecular formula is C19H20N4O4S. The molecular weight excluding hydrogens is 380 g/mol. The van der Waals surface area contributed by atoms with E-state index >= 15 is 0 Å². The van der Waals surface area contributed by atoms with Crippen LogP contribution in [0, 0.1) is 6.92 Å². The van der Waals surface area contributed by atoms with Gasteiger partial charge in [-0.1, -0.05) is 11.6 Å². The van der Waals surface area contributed by atoms with Crippen molar-refractivity contribution < 1.29 is 19.1 Å². The monoisotopic (exact) mass is 400 g/mol. The number of carbonyl (C=O) groups excluding carboxylic acids is 3. The van der Waals surface area contributed by atoms with Crippen LogP contribution in [0.2, 0.25) is 0 Å². The zero-order valence-electron chi connectivity index (χ0n) is 15.4. The van der Waals surface area contributed by atoms with E-state index in [1.165, 1.54) is 16.2 Å². The van der Waals surface area contributed by atoms with E-state index in [4.69, 9.17) is 4.74 Å². The molecule has 1 aromatic carbocycles. The first-order valence-electron chi connectivity index (χ1n) is 9.03. The average Bonchev–Trinajstić information content (AvgIpc) is 3.12. The molecule has 0 bridgehead atoms. The van der Waals surface area contributed by atoms with Crippen LogP contribution < -0.4 is 15.4 Å². The molecule has 1 spiro atoms. The maximum Gasteiger partial charge on any atom is 0.258 e. The third-order valence-electron chi connectivity index (χ3n) is 4.92. The van der Waals surface area contributed by atoms with E-state index in [-0.39, 0.29) is 30.7 Å². The van der Waals surface area contributed by atoms with E-state index in [0.29, 0.717) is 35.8 Å². The quantitative estimate of drug-likeness (QED) is 0.820. The number of nitrogens with one attached hydrogen (secondary N) is 2. The van der Waals surface area contributed by atoms with Gasteiger partial charge >= 0.3 is 0 Å². The minimum Gasteiger partial charge on any atom is -0.467 e. The third-order valence-corrected chi connectivity index (χ3v) is 5.61. The predicted octanol–water partition coefficient (Wildman–Crippen LogP) is 1.92. The number of ether oxygens (including phenoxy) is 1. The molecule has 1 fully saturated rings. The number of thiazole rings is 1. The summed E-state index contributed by atoms with van der Waals surface area (Å²) < 4.78 is 6.13. The maximum atomic E-state index is 12.6. The number of benzene rings is 1. The molecule has 2 aromatic rings. The summed E-state index contributed by atoms with van der Waals surface area (Å²) in [5.74, 6) is -0.114. The van der Waals surface area contributed by atoms with E-state index in [1.807, 2.05) is 13.0 Å². The molecule has 8 nitrogen and oxygen atoms in total. The molecule has 0 saturated carbocycles. The Morgan fingerprint density at radius 2 is 2.25 bits per heavy atom. The number of likely N-dealkylation sites (tertiary alicyclic amines) is 1. The Morgan fingerprint density at radius 3 is 3.04 bits per heavy atom. The van der Waals surface area contributed by atoms with Crippen molar-refractivity contribution in [2.45, 2.75) is 31.9 Å². The molecule has 1 atom stereocenters. The summed E-state index contributed by atoms with van der Waals surface area (Å²) in [5, 5.41) is 7.88. The number of fused-ring (bicyclic) bond motifs is 1. The van der Waals surface area contributed by atoms with Crippen LogP contribution in [-0.4, -0.2) is 46.4 Å². The number of nitrogens with zero attached hydrogens (tertiary/aromatic N) is 2. The molecule has 2 N–H and O–H groups in total. The van der Waals surface area contributed by atoms with Crippen molar-refractivity contribution in [2.24, 2.45) is 0 Å². The second-order valence-corrected chi connectivity index (χ2v) is 7.90. The molecule has 1 saturated heterocycles. The van der Waals surface area contributed by atoms with Crippen LogP contribution in [0.5, 0.6) is 5.75 Å². The Balaban J connectivity index is 1.45. The highest BCUT2D eigenvalue weighted by Crippen LogP contribution is 2.34. The van der Waals surface area contributed by atoms with Gasteiger partial charge in [-0.05, 0) is 19.1 Å². The SMILES string of the molecule is Cc1ccc2c(c1)C(=O)NC1(CCC(=O)N(CC(=O)Nc3nccs3)CC1)O2. The van der Waals surface area contributed by atoms with Crippen molar-refractivity contribution in [2.75, 3.05) is 18.4 Å². The summed E-state index contributed by atoms with van der Waals surface area (Å²) in [5.41, 5.74) is 0.540. The standard InChI is InChI=1S/C19H20N4O4S/c1-12-2-3-14-13(10-12)17(26)22-19(27-14)5-4-16(25)23(8-6-19)11-15(24)21-18-20-7-9-28-18/h2-3,7,9-10H,4-6,8,11H2,1H3,(H,22,26)(H,20,21,24). The van der Waals surface area contributed by atoms with Gasteiger partial charge in [0.1, 0.15) is 5.75 Å². The van der Waals surface area contributed by atoms with Gasteiger partial charge in [-0.15, -0.1) is 11.3 Å². The lowest BCUT2D eigenvalue weighted by Crippen LogP contribution is -2.56. The first-order valence-corrected chi connectivity index (χ1v) is 9.91. The normalized spacial score (nSPS) is 21.5. The van der Waals surface area contributed by atoms with Crippen molar-refractivity contribution >= 4 is 34.2 Å². The predicted molar refractivity (Wildman–Crippen MR) is 103 cm³/mol. The van der Waals surface area contributed by atoms with Crippen molar-refractivity contribution in [3.05, 3.63) is 40.9 Å². The van der Waals surface area contributed by atoms with Crippen LogP contribution >= 0.6 is 11.3 Å². The number of rotatable bonds is 3. The maximum absolute atomic E-state index is 12.6. The van der Waals surface area contributed by atoms with Crippen molar-refractivity contribution in [1.82, 2.24) is 15.2 Å². The van der Waals surface area contributed by atoms with Crippen LogP contribution in [0.4, 0.5) is 5.13 Å². The molecule has 2 aliphatic rings. The van der Waals surface area contributed by atoms with Crippen molar-refractivity contribution in [1.29, 1.82) is 0 Å². The smallest absolute Gasteiger partial charge is 0.258 e. The number of aryl methyl sites for hydroxylation is 1.